The van der Waals surface area contributed by atoms with Crippen LogP contribution >= 0.6 is 0 Å². The first kappa shape index (κ1) is 82.8. The molecule has 0 aromatic carbocycles. The van der Waals surface area contributed by atoms with Gasteiger partial charge in [-0.3, -0.25) is 4.79 Å². The Balaban J connectivity index is 1.64. The van der Waals surface area contributed by atoms with Crippen LogP contribution in [0.4, 0.5) is 0 Å². The Morgan fingerprint density at radius 2 is 0.705 bits per heavy atom. The van der Waals surface area contributed by atoms with Gasteiger partial charge in [0.05, 0.1) is 32.0 Å². The minimum absolute atomic E-state index is 0.230. The number of aliphatic hydroxyl groups is 8. The predicted molar refractivity (Wildman–Crippen MR) is 360 cm³/mol. The van der Waals surface area contributed by atoms with E-state index in [1.165, 1.54) is 295 Å². The fraction of sp³-hybridized carbons (Fsp3) is 0.959. The number of nitrogens with one attached hydrogen (secondary N) is 1. The predicted octanol–water partition coefficient (Wildman–Crippen LogP) is 16.1. The lowest BCUT2D eigenvalue weighted by Crippen LogP contribution is -2.65. The summed E-state index contributed by atoms with van der Waals surface area (Å²) in [6, 6.07) is -0.912. The molecule has 0 aliphatic carbocycles. The van der Waals surface area contributed by atoms with Crippen molar-refractivity contribution in [3.8, 4) is 0 Å². The van der Waals surface area contributed by atoms with Gasteiger partial charge in [0.15, 0.2) is 12.6 Å². The highest BCUT2D eigenvalue weighted by Gasteiger charge is 2.51. The lowest BCUT2D eigenvalue weighted by Gasteiger charge is -2.46. The molecule has 2 rings (SSSR count). The fourth-order valence-electron chi connectivity index (χ4n) is 12.9. The fourth-order valence-corrected chi connectivity index (χ4v) is 12.9. The summed E-state index contributed by atoms with van der Waals surface area (Å²) in [6.45, 7) is 2.87. The molecule has 14 nitrogen and oxygen atoms in total. The molecule has 1 amide bonds. The number of rotatable bonds is 64. The van der Waals surface area contributed by atoms with Gasteiger partial charge < -0.3 is 65.1 Å². The van der Waals surface area contributed by atoms with Gasteiger partial charge in [-0.15, -0.1) is 0 Å². The van der Waals surface area contributed by atoms with Crippen LogP contribution in [0.15, 0.2) is 12.2 Å². The molecular weight excluding hydrogens is 1110 g/mol. The largest absolute Gasteiger partial charge is 0.394 e. The van der Waals surface area contributed by atoms with Crippen molar-refractivity contribution >= 4 is 5.91 Å². The van der Waals surface area contributed by atoms with E-state index in [1.54, 1.807) is 6.08 Å². The third-order valence-electron chi connectivity index (χ3n) is 19.0. The molecule has 0 aromatic heterocycles. The number of unbranched alkanes of at least 4 members (excludes halogenated alkanes) is 51. The normalized spacial score (nSPS) is 23.1. The second-order valence-electron chi connectivity index (χ2n) is 27.1. The van der Waals surface area contributed by atoms with Gasteiger partial charge in [0.25, 0.3) is 0 Å². The van der Waals surface area contributed by atoms with E-state index >= 15 is 0 Å². The Labute approximate surface area is 539 Å². The summed E-state index contributed by atoms with van der Waals surface area (Å²) in [4.78, 5) is 13.3. The molecule has 0 bridgehead atoms. The maximum atomic E-state index is 13.3. The Hall–Kier alpha value is -1.27. The van der Waals surface area contributed by atoms with Gasteiger partial charge in [0, 0.05) is 6.42 Å². The highest BCUT2D eigenvalue weighted by Crippen LogP contribution is 2.30. The molecule has 0 radical (unpaired) electrons. The Morgan fingerprint density at radius 3 is 1.05 bits per heavy atom. The average molecular weight is 1250 g/mol. The van der Waals surface area contributed by atoms with Crippen molar-refractivity contribution < 1.29 is 64.6 Å². The van der Waals surface area contributed by atoms with Crippen LogP contribution in [0.1, 0.15) is 361 Å². The van der Waals surface area contributed by atoms with E-state index in [4.69, 9.17) is 18.9 Å². The van der Waals surface area contributed by atoms with Crippen molar-refractivity contribution in [2.75, 3.05) is 19.8 Å². The van der Waals surface area contributed by atoms with Crippen molar-refractivity contribution in [2.45, 2.75) is 434 Å². The smallest absolute Gasteiger partial charge is 0.220 e. The number of carbonyl (C=O) groups is 1. The first-order valence-electron chi connectivity index (χ1n) is 37.9. The molecular formula is C74H143NO13. The molecule has 2 heterocycles. The second kappa shape index (κ2) is 59.5. The maximum absolute atomic E-state index is 13.3. The Bertz CT molecular complexity index is 1520. The molecule has 9 N–H and O–H groups in total. The zero-order valence-corrected chi connectivity index (χ0v) is 57.0. The van der Waals surface area contributed by atoms with Gasteiger partial charge in [-0.2, -0.15) is 0 Å². The van der Waals surface area contributed by atoms with Crippen LogP contribution in [0.5, 0.6) is 0 Å². The third kappa shape index (κ3) is 42.9. The van der Waals surface area contributed by atoms with Crippen LogP contribution in [-0.2, 0) is 23.7 Å². The van der Waals surface area contributed by atoms with E-state index in [2.05, 4.69) is 19.2 Å². The molecule has 2 saturated heterocycles. The van der Waals surface area contributed by atoms with E-state index in [0.29, 0.717) is 0 Å². The van der Waals surface area contributed by atoms with E-state index < -0.39 is 86.8 Å². The maximum Gasteiger partial charge on any atom is 0.220 e. The second-order valence-corrected chi connectivity index (χ2v) is 27.1. The topological polar surface area (TPSA) is 228 Å². The quantitative estimate of drug-likeness (QED) is 0.0204. The molecule has 0 saturated carbocycles. The number of aliphatic hydroxyl groups excluding tert-OH is 8. The van der Waals surface area contributed by atoms with Gasteiger partial charge in [-0.1, -0.05) is 347 Å². The highest BCUT2D eigenvalue weighted by molar-refractivity contribution is 5.76. The number of ether oxygens (including phenoxy) is 4. The monoisotopic (exact) mass is 1250 g/mol. The lowest BCUT2D eigenvalue weighted by atomic mass is 9.97. The van der Waals surface area contributed by atoms with Crippen LogP contribution < -0.4 is 5.32 Å². The summed E-state index contributed by atoms with van der Waals surface area (Å²) in [5.74, 6) is -0.230. The molecule has 88 heavy (non-hydrogen) atoms. The molecule has 522 valence electrons. The molecule has 2 aliphatic rings. The Kier molecular flexibility index (Phi) is 56.0. The molecule has 2 fully saturated rings. The van der Waals surface area contributed by atoms with Gasteiger partial charge in [-0.25, -0.2) is 0 Å². The SMILES string of the molecule is CCCCCCCCCCCCCCCCCCCCCCCCCCCCCCC/C=C/C(O)C(COC1OC(CO)C(OC2OC(CO)C(O)C(O)C2O)C(O)C1O)NC(=O)CCCCCCCCCCCCCCCCCCCCCCCCC. The van der Waals surface area contributed by atoms with Crippen molar-refractivity contribution in [3.63, 3.8) is 0 Å². The summed E-state index contributed by atoms with van der Waals surface area (Å²) < 4.78 is 22.9. The van der Waals surface area contributed by atoms with Crippen molar-refractivity contribution in [1.82, 2.24) is 5.32 Å². The molecule has 14 heteroatoms. The minimum atomic E-state index is -1.79. The van der Waals surface area contributed by atoms with Gasteiger partial charge in [-0.05, 0) is 19.3 Å². The number of hydrogen-bond donors (Lipinski definition) is 9. The summed E-state index contributed by atoms with van der Waals surface area (Å²) >= 11 is 0. The Morgan fingerprint density at radius 1 is 0.398 bits per heavy atom. The minimum Gasteiger partial charge on any atom is -0.394 e. The summed E-state index contributed by atoms with van der Waals surface area (Å²) in [5, 5.41) is 87.6. The van der Waals surface area contributed by atoms with Gasteiger partial charge in [0.2, 0.25) is 5.91 Å². The van der Waals surface area contributed by atoms with Crippen molar-refractivity contribution in [2.24, 2.45) is 0 Å². The molecule has 0 spiro atoms. The first-order chi connectivity index (χ1) is 43.1. The molecule has 2 aliphatic heterocycles. The van der Waals surface area contributed by atoms with Crippen LogP contribution in [0.2, 0.25) is 0 Å². The van der Waals surface area contributed by atoms with E-state index in [1.807, 2.05) is 6.08 Å². The zero-order valence-electron chi connectivity index (χ0n) is 57.0. The number of hydrogen-bond acceptors (Lipinski definition) is 13. The lowest BCUT2D eigenvalue weighted by molar-refractivity contribution is -0.359. The van der Waals surface area contributed by atoms with Crippen LogP contribution in [0.25, 0.3) is 0 Å². The standard InChI is InChI=1S/C74H143NO13/c1-3-5-7-9-11-13-15-17-19-21-23-25-27-28-29-30-31-32-33-34-36-37-39-41-43-45-47-49-51-53-55-57-63(78)62(61-85-73-71(84)69(82)72(65(60-77)87-73)88-74-70(83)68(81)67(80)64(59-76)86-74)75-66(79)58-56-54-52-50-48-46-44-42-40-38-35-26-24-22-20-18-16-14-12-10-8-6-4-2/h55,57,62-65,67-74,76-78,80-84H,3-54,56,58-61H2,1-2H3,(H,75,79)/b57-55+. The average Bonchev–Trinajstić information content (AvgIpc) is 2.07. The number of carbonyl (C=O) groups excluding carboxylic acids is 1. The van der Waals surface area contributed by atoms with Gasteiger partial charge in [0.1, 0.15) is 48.8 Å². The van der Waals surface area contributed by atoms with Crippen molar-refractivity contribution in [1.29, 1.82) is 0 Å². The summed E-state index contributed by atoms with van der Waals surface area (Å²) in [5.41, 5.74) is 0. The first-order valence-corrected chi connectivity index (χ1v) is 37.9. The van der Waals surface area contributed by atoms with Crippen LogP contribution in [0.3, 0.4) is 0 Å². The molecule has 12 atom stereocenters. The van der Waals surface area contributed by atoms with Crippen LogP contribution in [-0.4, -0.2) is 140 Å². The molecule has 0 aromatic rings. The van der Waals surface area contributed by atoms with E-state index in [9.17, 15) is 45.6 Å². The highest BCUT2D eigenvalue weighted by atomic mass is 16.7. The van der Waals surface area contributed by atoms with Gasteiger partial charge >= 0.3 is 0 Å². The van der Waals surface area contributed by atoms with Crippen molar-refractivity contribution in [3.05, 3.63) is 12.2 Å². The number of amides is 1. The van der Waals surface area contributed by atoms with E-state index in [0.717, 1.165) is 44.9 Å². The third-order valence-corrected chi connectivity index (χ3v) is 19.0. The van der Waals surface area contributed by atoms with E-state index in [-0.39, 0.29) is 18.9 Å². The summed E-state index contributed by atoms with van der Waals surface area (Å²) in [7, 11) is 0. The summed E-state index contributed by atoms with van der Waals surface area (Å²) in [6.07, 6.45) is 57.1. The van der Waals surface area contributed by atoms with Crippen LogP contribution in [0, 0.1) is 0 Å². The number of allylic oxidation sites excluding steroid dienone is 1. The zero-order chi connectivity index (χ0) is 63.8. The molecule has 12 unspecified atom stereocenters.